The summed E-state index contributed by atoms with van der Waals surface area (Å²) >= 11 is 0. The number of unbranched alkanes of at least 4 members (excludes halogenated alkanes) is 5. The first-order valence-corrected chi connectivity index (χ1v) is 6.16. The maximum atomic E-state index is 11.2. The molecule has 0 saturated carbocycles. The number of carbonyl (C=O) groups excluding carboxylic acids is 1. The van der Waals surface area contributed by atoms with E-state index in [-0.39, 0.29) is 12.5 Å². The predicted molar refractivity (Wildman–Crippen MR) is 61.2 cm³/mol. The second-order valence-corrected chi connectivity index (χ2v) is 3.93. The van der Waals surface area contributed by atoms with E-state index in [1.807, 2.05) is 0 Å². The Kier molecular flexibility index (Phi) is 11.1. The van der Waals surface area contributed by atoms with Crippen LogP contribution in [0.5, 0.6) is 0 Å². The summed E-state index contributed by atoms with van der Waals surface area (Å²) in [7, 11) is 0. The molecule has 0 heterocycles. The van der Waals surface area contributed by atoms with Gasteiger partial charge in [-0.25, -0.2) is 5.11 Å². The van der Waals surface area contributed by atoms with E-state index >= 15 is 0 Å². The van der Waals surface area contributed by atoms with Gasteiger partial charge in [-0.05, 0) is 19.3 Å². The number of nitrogens with one attached hydrogen (secondary N) is 1. The predicted octanol–water partition coefficient (Wildman–Crippen LogP) is 2.67. The van der Waals surface area contributed by atoms with Gasteiger partial charge >= 0.3 is 0 Å². The molecule has 0 spiro atoms. The lowest BCUT2D eigenvalue weighted by Gasteiger charge is -2.04. The highest BCUT2D eigenvalue weighted by Crippen LogP contribution is 2.00. The molecule has 0 aromatic heterocycles. The Morgan fingerprint density at radius 1 is 1.00 bits per heavy atom. The van der Waals surface area contributed by atoms with Gasteiger partial charge in [0.15, 0.2) is 0 Å². The van der Waals surface area contributed by atoms with Crippen molar-refractivity contribution in [3.63, 3.8) is 0 Å². The van der Waals surface area contributed by atoms with Crippen LogP contribution in [-0.4, -0.2) is 19.1 Å². The van der Waals surface area contributed by atoms with E-state index in [0.717, 1.165) is 51.5 Å². The lowest BCUT2D eigenvalue weighted by molar-refractivity contribution is -0.121. The number of carbonyl (C=O) groups is 1. The van der Waals surface area contributed by atoms with Crippen molar-refractivity contribution in [1.82, 2.24) is 5.32 Å². The lowest BCUT2D eigenvalue weighted by atomic mass is 10.2. The van der Waals surface area contributed by atoms with Crippen LogP contribution in [0.1, 0.15) is 58.3 Å². The summed E-state index contributed by atoms with van der Waals surface area (Å²) < 4.78 is 0. The molecule has 0 fully saturated rings. The van der Waals surface area contributed by atoms with Gasteiger partial charge < -0.3 is 5.32 Å². The Hall–Kier alpha value is -0.570. The molecular weight excluding hydrogens is 190 g/mol. The van der Waals surface area contributed by atoms with Gasteiger partial charge in [-0.15, -0.1) is 0 Å². The average molecular weight is 214 g/mol. The highest BCUT2D eigenvalue weighted by atomic mass is 16.2. The third kappa shape index (κ3) is 11.4. The van der Waals surface area contributed by atoms with Crippen LogP contribution in [0.15, 0.2) is 0 Å². The molecule has 3 heteroatoms. The number of hydrogen-bond donors (Lipinski definition) is 1. The fraction of sp³-hybridized carbons (Fsp3) is 0.917. The molecule has 0 aliphatic carbocycles. The van der Waals surface area contributed by atoms with Crippen molar-refractivity contribution >= 4 is 5.91 Å². The van der Waals surface area contributed by atoms with E-state index in [2.05, 4.69) is 12.2 Å². The SMILES string of the molecule is CCCCCC(=O)NCCCCCC[O]. The molecule has 0 saturated heterocycles. The monoisotopic (exact) mass is 214 g/mol. The van der Waals surface area contributed by atoms with E-state index in [1.165, 1.54) is 0 Å². The Balaban J connectivity index is 3.10. The van der Waals surface area contributed by atoms with Crippen molar-refractivity contribution in [2.75, 3.05) is 13.2 Å². The molecule has 1 N–H and O–H groups in total. The topological polar surface area (TPSA) is 49.0 Å². The van der Waals surface area contributed by atoms with Gasteiger partial charge in [0.1, 0.15) is 0 Å². The van der Waals surface area contributed by atoms with Gasteiger partial charge in [0.2, 0.25) is 5.91 Å². The molecule has 0 rings (SSSR count). The molecule has 0 atom stereocenters. The third-order valence-corrected chi connectivity index (χ3v) is 2.40. The maximum absolute atomic E-state index is 11.2. The summed E-state index contributed by atoms with van der Waals surface area (Å²) in [6.45, 7) is 2.93. The normalized spacial score (nSPS) is 10.3. The zero-order valence-corrected chi connectivity index (χ0v) is 9.89. The molecule has 0 aliphatic heterocycles. The van der Waals surface area contributed by atoms with Crippen LogP contribution < -0.4 is 5.32 Å². The van der Waals surface area contributed by atoms with Gasteiger partial charge in [-0.3, -0.25) is 4.79 Å². The lowest BCUT2D eigenvalue weighted by Crippen LogP contribution is -2.23. The summed E-state index contributed by atoms with van der Waals surface area (Å²) in [5.41, 5.74) is 0. The summed E-state index contributed by atoms with van der Waals surface area (Å²) in [6, 6.07) is 0. The molecule has 3 nitrogen and oxygen atoms in total. The molecule has 0 aromatic carbocycles. The van der Waals surface area contributed by atoms with Crippen LogP contribution in [0.3, 0.4) is 0 Å². The molecule has 1 radical (unpaired) electrons. The second kappa shape index (κ2) is 11.5. The maximum Gasteiger partial charge on any atom is 0.219 e. The largest absolute Gasteiger partial charge is 0.356 e. The molecule has 0 aromatic rings. The van der Waals surface area contributed by atoms with Crippen LogP contribution >= 0.6 is 0 Å². The first-order valence-electron chi connectivity index (χ1n) is 6.16. The zero-order valence-electron chi connectivity index (χ0n) is 9.89. The van der Waals surface area contributed by atoms with Crippen LogP contribution in [0.25, 0.3) is 0 Å². The summed E-state index contributed by atoms with van der Waals surface area (Å²) in [6.07, 6.45) is 7.77. The first-order chi connectivity index (χ1) is 7.31. The van der Waals surface area contributed by atoms with Gasteiger partial charge in [0.25, 0.3) is 0 Å². The highest BCUT2D eigenvalue weighted by molar-refractivity contribution is 5.75. The fourth-order valence-corrected chi connectivity index (χ4v) is 1.43. The van der Waals surface area contributed by atoms with Crippen molar-refractivity contribution in [1.29, 1.82) is 0 Å². The Labute approximate surface area is 93.3 Å². The van der Waals surface area contributed by atoms with Crippen molar-refractivity contribution in [3.05, 3.63) is 0 Å². The summed E-state index contributed by atoms with van der Waals surface area (Å²) in [4.78, 5) is 11.2. The van der Waals surface area contributed by atoms with Gasteiger partial charge in [0, 0.05) is 13.0 Å². The quantitative estimate of drug-likeness (QED) is 0.558. The third-order valence-electron chi connectivity index (χ3n) is 2.40. The summed E-state index contributed by atoms with van der Waals surface area (Å²) in [5, 5.41) is 13.0. The minimum atomic E-state index is 0.0311. The Morgan fingerprint density at radius 2 is 1.73 bits per heavy atom. The molecule has 0 unspecified atom stereocenters. The van der Waals surface area contributed by atoms with Crippen molar-refractivity contribution < 1.29 is 9.90 Å². The van der Waals surface area contributed by atoms with E-state index in [9.17, 15) is 9.90 Å². The van der Waals surface area contributed by atoms with Crippen molar-refractivity contribution in [2.24, 2.45) is 0 Å². The van der Waals surface area contributed by atoms with Crippen LogP contribution in [0.4, 0.5) is 0 Å². The number of hydrogen-bond acceptors (Lipinski definition) is 1. The molecular formula is C12H24NO2. The molecule has 0 bridgehead atoms. The molecule has 1 amide bonds. The first kappa shape index (κ1) is 14.4. The van der Waals surface area contributed by atoms with Crippen LogP contribution in [-0.2, 0) is 9.90 Å². The fourth-order valence-electron chi connectivity index (χ4n) is 1.43. The van der Waals surface area contributed by atoms with Gasteiger partial charge in [0.05, 0.1) is 6.61 Å². The van der Waals surface area contributed by atoms with Crippen molar-refractivity contribution in [2.45, 2.75) is 58.3 Å². The van der Waals surface area contributed by atoms with E-state index in [1.54, 1.807) is 0 Å². The minimum Gasteiger partial charge on any atom is -0.356 e. The Morgan fingerprint density at radius 3 is 2.40 bits per heavy atom. The van der Waals surface area contributed by atoms with Gasteiger partial charge in [-0.1, -0.05) is 32.6 Å². The number of rotatable bonds is 10. The van der Waals surface area contributed by atoms with E-state index < -0.39 is 0 Å². The van der Waals surface area contributed by atoms with E-state index in [4.69, 9.17) is 0 Å². The number of amides is 1. The Bertz CT molecular complexity index is 149. The average Bonchev–Trinajstić information content (AvgIpc) is 2.23. The molecule has 89 valence electrons. The second-order valence-electron chi connectivity index (χ2n) is 3.93. The van der Waals surface area contributed by atoms with Crippen LogP contribution in [0.2, 0.25) is 0 Å². The summed E-state index contributed by atoms with van der Waals surface area (Å²) in [5.74, 6) is 0.173. The minimum absolute atomic E-state index is 0.0311. The smallest absolute Gasteiger partial charge is 0.219 e. The van der Waals surface area contributed by atoms with Crippen LogP contribution in [0, 0.1) is 0 Å². The van der Waals surface area contributed by atoms with E-state index in [0.29, 0.717) is 6.42 Å². The molecule has 15 heavy (non-hydrogen) atoms. The van der Waals surface area contributed by atoms with Crippen molar-refractivity contribution in [3.8, 4) is 0 Å². The molecule has 0 aliphatic rings. The highest BCUT2D eigenvalue weighted by Gasteiger charge is 1.99. The zero-order chi connectivity index (χ0) is 11.4. The standard InChI is InChI=1S/C12H24NO2/c1-2-3-6-9-12(15)13-10-7-4-5-8-11-14/h2-11H2,1H3,(H,13,15). The van der Waals surface area contributed by atoms with Gasteiger partial charge in [-0.2, -0.15) is 0 Å².